The molecule has 50 heavy (non-hydrogen) atoms. The van der Waals surface area contributed by atoms with Gasteiger partial charge in [0.05, 0.1) is 12.7 Å². The molecule has 0 saturated heterocycles. The van der Waals surface area contributed by atoms with Gasteiger partial charge in [0.15, 0.2) is 9.92 Å². The molecule has 0 bridgehead atoms. The van der Waals surface area contributed by atoms with Gasteiger partial charge in [-0.15, -0.1) is 0 Å². The maximum absolute atomic E-state index is 16.0. The number of amides is 2. The number of aryl methyl sites for hydroxylation is 1. The van der Waals surface area contributed by atoms with Crippen LogP contribution < -0.4 is 14.8 Å². The Bertz CT molecular complexity index is 2100. The van der Waals surface area contributed by atoms with Crippen molar-refractivity contribution in [3.63, 3.8) is 0 Å². The van der Waals surface area contributed by atoms with Crippen LogP contribution in [0.2, 0.25) is 0 Å². The Morgan fingerprint density at radius 1 is 0.960 bits per heavy atom. The third-order valence-corrected chi connectivity index (χ3v) is 12.3. The fourth-order valence-electron chi connectivity index (χ4n) is 7.76. The Morgan fingerprint density at radius 2 is 1.58 bits per heavy atom. The van der Waals surface area contributed by atoms with Crippen LogP contribution in [0.25, 0.3) is 0 Å². The summed E-state index contributed by atoms with van der Waals surface area (Å²) in [6.07, 6.45) is 4.38. The van der Waals surface area contributed by atoms with Gasteiger partial charge in [0.2, 0.25) is 5.88 Å². The number of rotatable bonds is 8. The number of nitrogens with one attached hydrogen (secondary N) is 2. The van der Waals surface area contributed by atoms with Crippen molar-refractivity contribution in [2.24, 2.45) is 4.36 Å². The predicted molar refractivity (Wildman–Crippen MR) is 193 cm³/mol. The Kier molecular flexibility index (Phi) is 8.01. The zero-order chi connectivity index (χ0) is 34.5. The minimum absolute atomic E-state index is 0.185. The molecular formula is C40H40FN5O3S. The van der Waals surface area contributed by atoms with E-state index in [1.807, 2.05) is 105 Å². The van der Waals surface area contributed by atoms with Gasteiger partial charge in [-0.25, -0.2) is 22.8 Å². The molecule has 2 unspecified atom stereocenters. The van der Waals surface area contributed by atoms with Crippen molar-refractivity contribution in [1.82, 2.24) is 14.5 Å². The molecule has 0 spiro atoms. The number of hydrogen-bond acceptors (Lipinski definition) is 5. The lowest BCUT2D eigenvalue weighted by Gasteiger charge is -2.33. The summed E-state index contributed by atoms with van der Waals surface area (Å²) in [6.45, 7) is 4.49. The SMILES string of the molecule is CCC1(C)Cn2ncc(S(=O)(=NC(c3ccccc3)(c3ccccc3)c3ccccc3)NC(=O)Nc3c4c(cc5c3C[C@H](F)C5)CCC4)c2O1. The Labute approximate surface area is 292 Å². The Balaban J connectivity index is 1.34. The van der Waals surface area contributed by atoms with Crippen molar-refractivity contribution in [3.05, 3.63) is 142 Å². The number of nitrogens with zero attached hydrogens (tertiary/aromatic N) is 3. The largest absolute Gasteiger partial charge is 0.469 e. The van der Waals surface area contributed by atoms with E-state index in [2.05, 4.69) is 21.2 Å². The standard InChI is InChI=1S/C40H40FN5O3S/c1-3-39(2)26-46-37(49-39)35(25-42-46)50(48,44-38(47)43-36-33-21-13-14-27(33)22-28-23-32(41)24-34(28)36)45-40(29-15-7-4-8-16-29,30-17-9-5-10-18-30)31-19-11-6-12-20-31/h4-12,15-20,22,25,32H,3,13-14,21,23-24,26H2,1-2H3,(H2,43,44,45,47,48)/t32-,39?,50?/m1/s1. The number of aromatic nitrogens is 2. The summed E-state index contributed by atoms with van der Waals surface area (Å²) in [6, 6.07) is 30.5. The van der Waals surface area contributed by atoms with Crippen LogP contribution in [0.15, 0.2) is 113 Å². The van der Waals surface area contributed by atoms with Gasteiger partial charge >= 0.3 is 6.03 Å². The first-order valence-corrected chi connectivity index (χ1v) is 18.8. The maximum atomic E-state index is 16.0. The molecule has 4 aromatic carbocycles. The highest BCUT2D eigenvalue weighted by molar-refractivity contribution is 7.92. The predicted octanol–water partition coefficient (Wildman–Crippen LogP) is 7.93. The number of anilines is 1. The van der Waals surface area contributed by atoms with Crippen LogP contribution in [0.4, 0.5) is 14.9 Å². The molecule has 2 amide bonds. The van der Waals surface area contributed by atoms with Crippen LogP contribution in [0.3, 0.4) is 0 Å². The van der Waals surface area contributed by atoms with Crippen molar-refractivity contribution >= 4 is 21.6 Å². The number of ether oxygens (including phenoxy) is 1. The fraction of sp³-hybridized carbons (Fsp3) is 0.300. The third kappa shape index (κ3) is 5.46. The van der Waals surface area contributed by atoms with Gasteiger partial charge in [-0.3, -0.25) is 0 Å². The summed E-state index contributed by atoms with van der Waals surface area (Å²) in [4.78, 5) is 14.5. The summed E-state index contributed by atoms with van der Waals surface area (Å²) in [5.74, 6) is 0.313. The lowest BCUT2D eigenvalue weighted by Crippen LogP contribution is -2.38. The molecule has 8 rings (SSSR count). The molecule has 2 heterocycles. The van der Waals surface area contributed by atoms with E-state index in [0.29, 0.717) is 31.0 Å². The lowest BCUT2D eigenvalue weighted by atomic mass is 9.78. The van der Waals surface area contributed by atoms with E-state index in [9.17, 15) is 9.18 Å². The number of fused-ring (bicyclic) bond motifs is 3. The van der Waals surface area contributed by atoms with E-state index >= 15 is 4.21 Å². The number of urea groups is 1. The van der Waals surface area contributed by atoms with E-state index in [4.69, 9.17) is 9.10 Å². The number of hydrogen-bond donors (Lipinski definition) is 2. The quantitative estimate of drug-likeness (QED) is 0.162. The minimum Gasteiger partial charge on any atom is -0.469 e. The second-order valence-electron chi connectivity index (χ2n) is 13.7. The smallest absolute Gasteiger partial charge is 0.331 e. The fourth-order valence-corrected chi connectivity index (χ4v) is 9.59. The van der Waals surface area contributed by atoms with Crippen LogP contribution in [0.1, 0.15) is 65.6 Å². The first-order chi connectivity index (χ1) is 24.2. The molecule has 8 nitrogen and oxygen atoms in total. The summed E-state index contributed by atoms with van der Waals surface area (Å²) < 4.78 is 47.2. The molecule has 2 N–H and O–H groups in total. The topological polar surface area (TPSA) is 97.6 Å². The zero-order valence-corrected chi connectivity index (χ0v) is 29.0. The van der Waals surface area contributed by atoms with Crippen LogP contribution in [-0.2, 0) is 47.7 Å². The van der Waals surface area contributed by atoms with E-state index in [-0.39, 0.29) is 11.3 Å². The molecule has 3 aliphatic rings. The van der Waals surface area contributed by atoms with Crippen LogP contribution in [0.5, 0.6) is 5.88 Å². The molecule has 0 radical (unpaired) electrons. The van der Waals surface area contributed by atoms with Crippen molar-refractivity contribution in [2.75, 3.05) is 5.32 Å². The van der Waals surface area contributed by atoms with E-state index < -0.39 is 33.3 Å². The van der Waals surface area contributed by atoms with Gasteiger partial charge in [0.1, 0.15) is 22.2 Å². The van der Waals surface area contributed by atoms with Crippen LogP contribution in [-0.4, -0.2) is 31.8 Å². The summed E-state index contributed by atoms with van der Waals surface area (Å²) in [7, 11) is -3.89. The van der Waals surface area contributed by atoms with Gasteiger partial charge in [0, 0.05) is 18.5 Å². The van der Waals surface area contributed by atoms with Crippen molar-refractivity contribution < 1.29 is 18.1 Å². The number of halogens is 1. The van der Waals surface area contributed by atoms with Gasteiger partial charge in [0.25, 0.3) is 0 Å². The second-order valence-corrected chi connectivity index (χ2v) is 15.6. The first-order valence-electron chi connectivity index (χ1n) is 17.3. The highest BCUT2D eigenvalue weighted by Crippen LogP contribution is 2.45. The van der Waals surface area contributed by atoms with Gasteiger partial charge in [-0.05, 0) is 71.6 Å². The monoisotopic (exact) mass is 689 g/mol. The number of alkyl halides is 1. The molecule has 0 fully saturated rings. The van der Waals surface area contributed by atoms with E-state index in [1.54, 1.807) is 4.68 Å². The summed E-state index contributed by atoms with van der Waals surface area (Å²) >= 11 is 0. The first kappa shape index (κ1) is 32.3. The highest BCUT2D eigenvalue weighted by atomic mass is 32.2. The van der Waals surface area contributed by atoms with Gasteiger partial charge < -0.3 is 10.1 Å². The second kappa shape index (κ2) is 12.4. The molecule has 0 saturated carbocycles. The molecule has 256 valence electrons. The molecule has 5 aromatic rings. The summed E-state index contributed by atoms with van der Waals surface area (Å²) in [5, 5.41) is 7.64. The number of carbonyl (C=O) groups excluding carboxylic acids is 1. The van der Waals surface area contributed by atoms with E-state index in [1.165, 1.54) is 6.20 Å². The minimum atomic E-state index is -3.89. The van der Waals surface area contributed by atoms with Crippen molar-refractivity contribution in [1.29, 1.82) is 0 Å². The maximum Gasteiger partial charge on any atom is 0.331 e. The van der Waals surface area contributed by atoms with Crippen molar-refractivity contribution in [2.45, 2.75) is 81.1 Å². The summed E-state index contributed by atoms with van der Waals surface area (Å²) in [5.41, 5.74) is 4.94. The molecule has 1 aliphatic heterocycles. The Hall–Kier alpha value is -4.96. The molecule has 2 aliphatic carbocycles. The normalized spacial score (nSPS) is 20.3. The Morgan fingerprint density at radius 3 is 2.18 bits per heavy atom. The number of benzene rings is 4. The van der Waals surface area contributed by atoms with Crippen LogP contribution in [0, 0.1) is 0 Å². The van der Waals surface area contributed by atoms with Gasteiger partial charge in [-0.1, -0.05) is 104 Å². The molecular weight excluding hydrogens is 650 g/mol. The number of carbonyl (C=O) groups is 1. The third-order valence-electron chi connectivity index (χ3n) is 10.4. The average molecular weight is 690 g/mol. The molecule has 3 atom stereocenters. The molecule has 1 aromatic heterocycles. The van der Waals surface area contributed by atoms with E-state index in [0.717, 1.165) is 58.2 Å². The zero-order valence-electron chi connectivity index (χ0n) is 28.2. The van der Waals surface area contributed by atoms with Crippen LogP contribution >= 0.6 is 0 Å². The lowest BCUT2D eigenvalue weighted by molar-refractivity contribution is 0.105. The van der Waals surface area contributed by atoms with Crippen molar-refractivity contribution in [3.8, 4) is 5.88 Å². The highest BCUT2D eigenvalue weighted by Gasteiger charge is 2.43. The average Bonchev–Trinajstić information content (AvgIpc) is 3.92. The molecule has 10 heteroatoms. The van der Waals surface area contributed by atoms with Gasteiger partial charge in [-0.2, -0.15) is 9.46 Å².